The van der Waals surface area contributed by atoms with Gasteiger partial charge in [-0.05, 0) is 42.6 Å². The van der Waals surface area contributed by atoms with Crippen molar-refractivity contribution in [2.75, 3.05) is 0 Å². The zero-order chi connectivity index (χ0) is 16.7. The standard InChI is InChI=1S/C17H31NS.C2H6/c1-11(2)15-16(12(3)4)18(14(7)8)9-10-19-17(15)13(5)6;1-2/h9-14,17H,1-8H3;1-2H3. The van der Waals surface area contributed by atoms with Gasteiger partial charge in [0.05, 0.1) is 0 Å². The van der Waals surface area contributed by atoms with Crippen LogP contribution in [0.1, 0.15) is 69.2 Å². The minimum Gasteiger partial charge on any atom is -0.348 e. The molecule has 0 fully saturated rings. The molecule has 0 saturated carbocycles. The van der Waals surface area contributed by atoms with Crippen LogP contribution in [-0.2, 0) is 0 Å². The van der Waals surface area contributed by atoms with Crippen molar-refractivity contribution in [3.05, 3.63) is 22.9 Å². The molecule has 1 rings (SSSR count). The van der Waals surface area contributed by atoms with Crippen molar-refractivity contribution < 1.29 is 0 Å². The maximum Gasteiger partial charge on any atom is 0.0344 e. The van der Waals surface area contributed by atoms with Gasteiger partial charge in [-0.2, -0.15) is 0 Å². The summed E-state index contributed by atoms with van der Waals surface area (Å²) < 4.78 is 0. The van der Waals surface area contributed by atoms with E-state index in [1.54, 1.807) is 11.3 Å². The molecule has 0 aliphatic carbocycles. The molecule has 0 aromatic carbocycles. The molecule has 0 spiro atoms. The van der Waals surface area contributed by atoms with E-state index in [2.05, 4.69) is 71.9 Å². The number of hydrogen-bond acceptors (Lipinski definition) is 2. The van der Waals surface area contributed by atoms with E-state index >= 15 is 0 Å². The summed E-state index contributed by atoms with van der Waals surface area (Å²) in [5.41, 5.74) is 3.19. The van der Waals surface area contributed by atoms with Gasteiger partial charge in [0.1, 0.15) is 0 Å². The second kappa shape index (κ2) is 9.61. The first-order chi connectivity index (χ1) is 9.77. The Labute approximate surface area is 138 Å². The molecule has 0 radical (unpaired) electrons. The van der Waals surface area contributed by atoms with E-state index in [4.69, 9.17) is 0 Å². The van der Waals surface area contributed by atoms with Gasteiger partial charge in [-0.25, -0.2) is 0 Å². The van der Waals surface area contributed by atoms with Gasteiger partial charge in [0, 0.05) is 23.2 Å². The Balaban J connectivity index is 0.00000191. The first-order valence-electron chi connectivity index (χ1n) is 8.61. The van der Waals surface area contributed by atoms with Gasteiger partial charge >= 0.3 is 0 Å². The highest BCUT2D eigenvalue weighted by Crippen LogP contribution is 2.40. The maximum absolute atomic E-state index is 2.48. The molecule has 1 unspecified atom stereocenters. The Bertz CT molecular complexity index is 351. The summed E-state index contributed by atoms with van der Waals surface area (Å²) in [6, 6.07) is 0.522. The molecule has 21 heavy (non-hydrogen) atoms. The molecular formula is C19H37NS. The average Bonchev–Trinajstić information content (AvgIpc) is 2.60. The lowest BCUT2D eigenvalue weighted by Gasteiger charge is -2.35. The Morgan fingerprint density at radius 3 is 1.76 bits per heavy atom. The lowest BCUT2D eigenvalue weighted by Crippen LogP contribution is -2.31. The summed E-state index contributed by atoms with van der Waals surface area (Å²) in [5.74, 6) is 1.86. The minimum atomic E-state index is 0.522. The average molecular weight is 312 g/mol. The highest BCUT2D eigenvalue weighted by molar-refractivity contribution is 8.02. The smallest absolute Gasteiger partial charge is 0.0344 e. The molecular weight excluding hydrogens is 274 g/mol. The van der Waals surface area contributed by atoms with Crippen molar-refractivity contribution in [2.24, 2.45) is 17.8 Å². The zero-order valence-electron chi connectivity index (χ0n) is 15.9. The van der Waals surface area contributed by atoms with E-state index in [0.29, 0.717) is 29.0 Å². The fraction of sp³-hybridized carbons (Fsp3) is 0.789. The van der Waals surface area contributed by atoms with Gasteiger partial charge < -0.3 is 4.90 Å². The summed E-state index contributed by atoms with van der Waals surface area (Å²) in [6.45, 7) is 22.6. The van der Waals surface area contributed by atoms with Crippen LogP contribution in [-0.4, -0.2) is 16.2 Å². The normalized spacial score (nSPS) is 19.5. The molecule has 0 bridgehead atoms. The first kappa shape index (κ1) is 20.6. The summed E-state index contributed by atoms with van der Waals surface area (Å²) in [5, 5.41) is 2.90. The third-order valence-electron chi connectivity index (χ3n) is 3.66. The molecule has 0 aromatic rings. The van der Waals surface area contributed by atoms with Gasteiger partial charge in [0.2, 0.25) is 0 Å². The molecule has 1 atom stereocenters. The molecule has 0 saturated heterocycles. The second-order valence-corrected chi connectivity index (χ2v) is 7.79. The van der Waals surface area contributed by atoms with Crippen molar-refractivity contribution in [1.82, 2.24) is 4.90 Å². The topological polar surface area (TPSA) is 3.24 Å². The number of hydrogen-bond donors (Lipinski definition) is 0. The van der Waals surface area contributed by atoms with Gasteiger partial charge in [-0.1, -0.05) is 55.4 Å². The lowest BCUT2D eigenvalue weighted by molar-refractivity contribution is 0.337. The van der Waals surface area contributed by atoms with Crippen molar-refractivity contribution in [1.29, 1.82) is 0 Å². The fourth-order valence-corrected chi connectivity index (χ4v) is 4.08. The van der Waals surface area contributed by atoms with Crippen molar-refractivity contribution in [3.63, 3.8) is 0 Å². The van der Waals surface area contributed by atoms with E-state index in [-0.39, 0.29) is 0 Å². The van der Waals surface area contributed by atoms with Gasteiger partial charge in [-0.15, -0.1) is 11.8 Å². The summed E-state index contributed by atoms with van der Waals surface area (Å²) in [4.78, 5) is 2.48. The number of nitrogens with zero attached hydrogens (tertiary/aromatic N) is 1. The van der Waals surface area contributed by atoms with E-state index < -0.39 is 0 Å². The van der Waals surface area contributed by atoms with Crippen LogP contribution in [0.2, 0.25) is 0 Å². The third kappa shape index (κ3) is 5.39. The fourth-order valence-electron chi connectivity index (χ4n) is 2.86. The molecule has 1 heterocycles. The Hall–Kier alpha value is -0.370. The molecule has 1 aliphatic heterocycles. The van der Waals surface area contributed by atoms with Crippen LogP contribution in [0.15, 0.2) is 22.9 Å². The molecule has 0 aromatic heterocycles. The molecule has 2 heteroatoms. The Morgan fingerprint density at radius 1 is 0.905 bits per heavy atom. The predicted octanol–water partition coefficient (Wildman–Crippen LogP) is 6.53. The molecule has 1 aliphatic rings. The van der Waals surface area contributed by atoms with Crippen LogP contribution in [0, 0.1) is 17.8 Å². The van der Waals surface area contributed by atoms with Crippen LogP contribution in [0.3, 0.4) is 0 Å². The van der Waals surface area contributed by atoms with E-state index in [1.165, 1.54) is 0 Å². The van der Waals surface area contributed by atoms with Crippen molar-refractivity contribution in [2.45, 2.75) is 80.5 Å². The third-order valence-corrected chi connectivity index (χ3v) is 5.03. The van der Waals surface area contributed by atoms with E-state index in [0.717, 1.165) is 0 Å². The number of rotatable bonds is 4. The molecule has 0 N–H and O–H groups in total. The Kier molecular flexibility index (Phi) is 9.44. The highest BCUT2D eigenvalue weighted by Gasteiger charge is 2.30. The van der Waals surface area contributed by atoms with Crippen molar-refractivity contribution >= 4 is 11.8 Å². The second-order valence-electron chi connectivity index (χ2n) is 6.74. The quantitative estimate of drug-likeness (QED) is 0.580. The van der Waals surface area contributed by atoms with Crippen LogP contribution < -0.4 is 0 Å². The lowest BCUT2D eigenvalue weighted by atomic mass is 9.87. The first-order valence-corrected chi connectivity index (χ1v) is 9.56. The van der Waals surface area contributed by atoms with Gasteiger partial charge in [0.15, 0.2) is 0 Å². The SMILES string of the molecule is CC.CC(C)C1=C(C(C)C)N(C(C)C)C=CSC1C(C)C. The summed E-state index contributed by atoms with van der Waals surface area (Å²) in [7, 11) is 0. The van der Waals surface area contributed by atoms with Gasteiger partial charge in [0.25, 0.3) is 0 Å². The Morgan fingerprint density at radius 2 is 1.43 bits per heavy atom. The van der Waals surface area contributed by atoms with E-state index in [1.807, 2.05) is 25.6 Å². The van der Waals surface area contributed by atoms with Crippen molar-refractivity contribution in [3.8, 4) is 0 Å². The van der Waals surface area contributed by atoms with E-state index in [9.17, 15) is 0 Å². The minimum absolute atomic E-state index is 0.522. The largest absolute Gasteiger partial charge is 0.348 e. The highest BCUT2D eigenvalue weighted by atomic mass is 32.2. The van der Waals surface area contributed by atoms with Gasteiger partial charge in [-0.3, -0.25) is 0 Å². The van der Waals surface area contributed by atoms with Crippen LogP contribution in [0.25, 0.3) is 0 Å². The number of allylic oxidation sites excluding steroid dienone is 1. The van der Waals surface area contributed by atoms with Crippen LogP contribution in [0.4, 0.5) is 0 Å². The maximum atomic E-state index is 2.48. The molecule has 1 nitrogen and oxygen atoms in total. The monoisotopic (exact) mass is 311 g/mol. The van der Waals surface area contributed by atoms with Crippen LogP contribution >= 0.6 is 11.8 Å². The number of thioether (sulfide) groups is 1. The zero-order valence-corrected chi connectivity index (χ0v) is 16.7. The molecule has 0 amide bonds. The summed E-state index contributed by atoms with van der Waals surface area (Å²) >= 11 is 1.99. The van der Waals surface area contributed by atoms with Crippen LogP contribution in [0.5, 0.6) is 0 Å². The predicted molar refractivity (Wildman–Crippen MR) is 100 cm³/mol. The summed E-state index contributed by atoms with van der Waals surface area (Å²) in [6.07, 6.45) is 2.29. The molecule has 124 valence electrons.